The van der Waals surface area contributed by atoms with Crippen molar-refractivity contribution in [1.82, 2.24) is 0 Å². The van der Waals surface area contributed by atoms with Gasteiger partial charge < -0.3 is 9.52 Å². The predicted octanol–water partition coefficient (Wildman–Crippen LogP) is 3.77. The van der Waals surface area contributed by atoms with Gasteiger partial charge in [-0.15, -0.1) is 0 Å². The van der Waals surface area contributed by atoms with Crippen LogP contribution >= 0.6 is 22.6 Å². The van der Waals surface area contributed by atoms with Crippen molar-refractivity contribution in [1.29, 1.82) is 0 Å². The highest BCUT2D eigenvalue weighted by Crippen LogP contribution is 2.29. The summed E-state index contributed by atoms with van der Waals surface area (Å²) in [5, 5.41) is 10.2. The van der Waals surface area contributed by atoms with Gasteiger partial charge in [0, 0.05) is 11.6 Å². The molecule has 0 unspecified atom stereocenters. The number of phenols is 1. The Morgan fingerprint density at radius 3 is 2.53 bits per heavy atom. The van der Waals surface area contributed by atoms with Crippen LogP contribution in [0.2, 0.25) is 0 Å². The van der Waals surface area contributed by atoms with E-state index in [1.165, 1.54) is 6.07 Å². The molecule has 1 heterocycles. The molecular formula is C15H9IO3. The number of hydrogen-bond acceptors (Lipinski definition) is 3. The number of halogens is 1. The maximum Gasteiger partial charge on any atom is 0.197 e. The van der Waals surface area contributed by atoms with E-state index in [0.717, 1.165) is 5.56 Å². The third-order valence-electron chi connectivity index (χ3n) is 2.88. The van der Waals surface area contributed by atoms with E-state index in [2.05, 4.69) is 0 Å². The average Bonchev–Trinajstić information content (AvgIpc) is 2.43. The minimum Gasteiger partial charge on any atom is -0.506 e. The van der Waals surface area contributed by atoms with Crippen molar-refractivity contribution in [3.05, 3.63) is 62.3 Å². The Morgan fingerprint density at radius 1 is 1.05 bits per heavy atom. The minimum atomic E-state index is -0.240. The molecule has 0 saturated heterocycles. The molecule has 0 aliphatic heterocycles. The predicted molar refractivity (Wildman–Crippen MR) is 82.3 cm³/mol. The standard InChI is InChI=1S/C15H9IO3/c16-10-6-7-12-14(15(10)18)11(17)8-13(19-12)9-4-2-1-3-5-9/h1-8,18H. The van der Waals surface area contributed by atoms with Crippen molar-refractivity contribution in [2.45, 2.75) is 0 Å². The highest BCUT2D eigenvalue weighted by Gasteiger charge is 2.12. The van der Waals surface area contributed by atoms with E-state index in [9.17, 15) is 9.90 Å². The smallest absolute Gasteiger partial charge is 0.197 e. The lowest BCUT2D eigenvalue weighted by atomic mass is 10.1. The molecule has 1 aromatic heterocycles. The summed E-state index contributed by atoms with van der Waals surface area (Å²) in [6, 6.07) is 14.2. The second-order valence-electron chi connectivity index (χ2n) is 4.11. The third-order valence-corrected chi connectivity index (χ3v) is 3.75. The second kappa shape index (κ2) is 4.70. The maximum absolute atomic E-state index is 12.1. The summed E-state index contributed by atoms with van der Waals surface area (Å²) in [5.41, 5.74) is 0.986. The van der Waals surface area contributed by atoms with Crippen molar-refractivity contribution >= 4 is 33.6 Å². The lowest BCUT2D eigenvalue weighted by Crippen LogP contribution is -2.01. The molecule has 0 bridgehead atoms. The Labute approximate surface area is 122 Å². The molecule has 0 spiro atoms. The quantitative estimate of drug-likeness (QED) is 0.669. The highest BCUT2D eigenvalue weighted by atomic mass is 127. The Morgan fingerprint density at radius 2 is 1.79 bits per heavy atom. The van der Waals surface area contributed by atoms with Crippen molar-refractivity contribution in [3.63, 3.8) is 0 Å². The molecule has 2 aromatic carbocycles. The number of rotatable bonds is 1. The second-order valence-corrected chi connectivity index (χ2v) is 5.27. The number of fused-ring (bicyclic) bond motifs is 1. The van der Waals surface area contributed by atoms with Crippen LogP contribution in [-0.2, 0) is 0 Å². The fourth-order valence-electron chi connectivity index (χ4n) is 1.95. The molecule has 94 valence electrons. The van der Waals surface area contributed by atoms with Gasteiger partial charge in [-0.25, -0.2) is 0 Å². The van der Waals surface area contributed by atoms with Crippen molar-refractivity contribution in [2.24, 2.45) is 0 Å². The summed E-state index contributed by atoms with van der Waals surface area (Å²) in [6.45, 7) is 0. The van der Waals surface area contributed by atoms with Crippen LogP contribution in [0.3, 0.4) is 0 Å². The zero-order valence-corrected chi connectivity index (χ0v) is 11.9. The first-order valence-electron chi connectivity index (χ1n) is 5.67. The summed E-state index contributed by atoms with van der Waals surface area (Å²) in [6.07, 6.45) is 0. The van der Waals surface area contributed by atoms with E-state index < -0.39 is 0 Å². The van der Waals surface area contributed by atoms with E-state index >= 15 is 0 Å². The SMILES string of the molecule is O=c1cc(-c2ccccc2)oc2ccc(I)c(O)c12. The largest absolute Gasteiger partial charge is 0.506 e. The van der Waals surface area contributed by atoms with Crippen LogP contribution in [0.1, 0.15) is 0 Å². The van der Waals surface area contributed by atoms with Gasteiger partial charge in [0.2, 0.25) is 0 Å². The van der Waals surface area contributed by atoms with E-state index in [4.69, 9.17) is 4.42 Å². The Balaban J connectivity index is 2.33. The van der Waals surface area contributed by atoms with Gasteiger partial charge in [-0.3, -0.25) is 4.79 Å². The molecule has 19 heavy (non-hydrogen) atoms. The van der Waals surface area contributed by atoms with E-state index in [1.807, 2.05) is 52.9 Å². The molecule has 3 rings (SSSR count). The Kier molecular flexibility index (Phi) is 3.02. The molecule has 0 atom stereocenters. The summed E-state index contributed by atoms with van der Waals surface area (Å²) in [7, 11) is 0. The van der Waals surface area contributed by atoms with Crippen molar-refractivity contribution in [2.75, 3.05) is 0 Å². The minimum absolute atomic E-state index is 0.0218. The highest BCUT2D eigenvalue weighted by molar-refractivity contribution is 14.1. The molecule has 0 saturated carbocycles. The van der Waals surface area contributed by atoms with E-state index in [1.54, 1.807) is 12.1 Å². The molecule has 0 radical (unpaired) electrons. The van der Waals surface area contributed by atoms with Crippen molar-refractivity contribution in [3.8, 4) is 17.1 Å². The monoisotopic (exact) mass is 364 g/mol. The van der Waals surface area contributed by atoms with E-state index in [-0.39, 0.29) is 16.6 Å². The Bertz CT molecular complexity index is 807. The molecular weight excluding hydrogens is 355 g/mol. The normalized spacial score (nSPS) is 10.8. The van der Waals surface area contributed by atoms with Crippen LogP contribution in [0.15, 0.2) is 57.7 Å². The third kappa shape index (κ3) is 2.12. The van der Waals surface area contributed by atoms with Gasteiger partial charge in [0.15, 0.2) is 5.43 Å². The zero-order chi connectivity index (χ0) is 13.4. The van der Waals surface area contributed by atoms with Gasteiger partial charge in [-0.05, 0) is 34.7 Å². The van der Waals surface area contributed by atoms with Crippen LogP contribution in [0.4, 0.5) is 0 Å². The van der Waals surface area contributed by atoms with Gasteiger partial charge in [-0.1, -0.05) is 30.3 Å². The molecule has 4 heteroatoms. The van der Waals surface area contributed by atoms with Gasteiger partial charge in [-0.2, -0.15) is 0 Å². The fourth-order valence-corrected chi connectivity index (χ4v) is 2.40. The summed E-state index contributed by atoms with van der Waals surface area (Å²) in [5.74, 6) is 0.477. The molecule has 1 N–H and O–H groups in total. The first kappa shape index (κ1) is 12.2. The maximum atomic E-state index is 12.1. The first-order chi connectivity index (χ1) is 9.16. The first-order valence-corrected chi connectivity index (χ1v) is 6.75. The van der Waals surface area contributed by atoms with Crippen LogP contribution in [0.25, 0.3) is 22.3 Å². The zero-order valence-electron chi connectivity index (χ0n) is 9.76. The lowest BCUT2D eigenvalue weighted by Gasteiger charge is -2.05. The summed E-state index contributed by atoms with van der Waals surface area (Å²) >= 11 is 1.98. The summed E-state index contributed by atoms with van der Waals surface area (Å²) in [4.78, 5) is 12.1. The number of aromatic hydroxyl groups is 1. The van der Waals surface area contributed by atoms with Gasteiger partial charge >= 0.3 is 0 Å². The number of hydrogen-bond donors (Lipinski definition) is 1. The molecule has 3 nitrogen and oxygen atoms in total. The van der Waals surface area contributed by atoms with Gasteiger partial charge in [0.05, 0.1) is 3.57 Å². The number of phenolic OH excluding ortho intramolecular Hbond substituents is 1. The van der Waals surface area contributed by atoms with Crippen LogP contribution in [0, 0.1) is 3.57 Å². The molecule has 0 aliphatic carbocycles. The van der Waals surface area contributed by atoms with Crippen molar-refractivity contribution < 1.29 is 9.52 Å². The van der Waals surface area contributed by atoms with Crippen LogP contribution in [-0.4, -0.2) is 5.11 Å². The topological polar surface area (TPSA) is 50.4 Å². The van der Waals surface area contributed by atoms with Crippen LogP contribution < -0.4 is 5.43 Å². The molecule has 0 aliphatic rings. The van der Waals surface area contributed by atoms with E-state index in [0.29, 0.717) is 14.9 Å². The molecule has 3 aromatic rings. The molecule has 0 fully saturated rings. The molecule has 0 amide bonds. The lowest BCUT2D eigenvalue weighted by molar-refractivity contribution is 0.476. The van der Waals surface area contributed by atoms with Gasteiger partial charge in [0.25, 0.3) is 0 Å². The number of benzene rings is 2. The fraction of sp³-hybridized carbons (Fsp3) is 0. The van der Waals surface area contributed by atoms with Gasteiger partial charge in [0.1, 0.15) is 22.5 Å². The average molecular weight is 364 g/mol. The Hall–Kier alpha value is -1.82. The summed E-state index contributed by atoms with van der Waals surface area (Å²) < 4.78 is 6.33. The van der Waals surface area contributed by atoms with Crippen LogP contribution in [0.5, 0.6) is 5.75 Å².